The van der Waals surface area contributed by atoms with Gasteiger partial charge in [-0.2, -0.15) is 0 Å². The molecule has 0 radical (unpaired) electrons. The van der Waals surface area contributed by atoms with Gasteiger partial charge in [-0.15, -0.1) is 0 Å². The summed E-state index contributed by atoms with van der Waals surface area (Å²) in [6.45, 7) is 4.76. The quantitative estimate of drug-likeness (QED) is 0.619. The number of halogens is 4. The standard InChI is InChI=1S/C19H17Cl2F2N/c1-12-5-6-13(9-14-7-8-15(22)10-18(14)23)11-24(12)19-16(20)3-2-4-17(19)21/h2-4,7-8,10,13H,1,5-6,9,11H2/t13-/m0/s1. The molecule has 3 rings (SSSR count). The van der Waals surface area contributed by atoms with Crippen molar-refractivity contribution in [3.8, 4) is 0 Å². The van der Waals surface area contributed by atoms with Gasteiger partial charge >= 0.3 is 0 Å². The number of hydrogen-bond acceptors (Lipinski definition) is 1. The predicted octanol–water partition coefficient (Wildman–Crippen LogP) is 6.24. The fraction of sp³-hybridized carbons (Fsp3) is 0.263. The highest BCUT2D eigenvalue weighted by Crippen LogP contribution is 2.39. The minimum atomic E-state index is -0.558. The Morgan fingerprint density at radius 3 is 2.50 bits per heavy atom. The summed E-state index contributed by atoms with van der Waals surface area (Å²) < 4.78 is 27.0. The van der Waals surface area contributed by atoms with Crippen LogP contribution in [0, 0.1) is 17.6 Å². The van der Waals surface area contributed by atoms with Gasteiger partial charge in [0.15, 0.2) is 0 Å². The molecule has 1 atom stereocenters. The summed E-state index contributed by atoms with van der Waals surface area (Å²) in [6, 6.07) is 9.12. The van der Waals surface area contributed by atoms with Crippen LogP contribution in [0.4, 0.5) is 14.5 Å². The van der Waals surface area contributed by atoms with Crippen LogP contribution in [0.5, 0.6) is 0 Å². The Morgan fingerprint density at radius 2 is 1.83 bits per heavy atom. The first-order valence-corrected chi connectivity index (χ1v) is 8.54. The normalized spacial score (nSPS) is 18.1. The predicted molar refractivity (Wildman–Crippen MR) is 95.7 cm³/mol. The maximum Gasteiger partial charge on any atom is 0.129 e. The number of allylic oxidation sites excluding steroid dienone is 1. The molecular weight excluding hydrogens is 351 g/mol. The third kappa shape index (κ3) is 3.57. The molecule has 0 bridgehead atoms. The van der Waals surface area contributed by atoms with Gasteiger partial charge in [0, 0.05) is 18.3 Å². The van der Waals surface area contributed by atoms with E-state index in [1.807, 2.05) is 4.90 Å². The Labute approximate surface area is 150 Å². The smallest absolute Gasteiger partial charge is 0.129 e. The molecule has 1 nitrogen and oxygen atoms in total. The van der Waals surface area contributed by atoms with E-state index in [0.717, 1.165) is 30.3 Å². The van der Waals surface area contributed by atoms with E-state index in [1.54, 1.807) is 18.2 Å². The van der Waals surface area contributed by atoms with Gasteiger partial charge in [0.05, 0.1) is 15.7 Å². The molecule has 0 aliphatic carbocycles. The van der Waals surface area contributed by atoms with Crippen LogP contribution in [0.1, 0.15) is 18.4 Å². The topological polar surface area (TPSA) is 3.24 Å². The van der Waals surface area contributed by atoms with Gasteiger partial charge < -0.3 is 4.90 Å². The van der Waals surface area contributed by atoms with Crippen molar-refractivity contribution in [3.05, 3.63) is 75.9 Å². The lowest BCUT2D eigenvalue weighted by Crippen LogP contribution is -2.34. The van der Waals surface area contributed by atoms with Crippen LogP contribution < -0.4 is 4.90 Å². The Hall–Kier alpha value is -1.58. The monoisotopic (exact) mass is 367 g/mol. The zero-order chi connectivity index (χ0) is 17.3. The van der Waals surface area contributed by atoms with E-state index >= 15 is 0 Å². The SMILES string of the molecule is C=C1CC[C@@H](Cc2ccc(F)cc2F)CN1c1c(Cl)cccc1Cl. The largest absolute Gasteiger partial charge is 0.343 e. The van der Waals surface area contributed by atoms with Crippen molar-refractivity contribution in [2.75, 3.05) is 11.4 Å². The van der Waals surface area contributed by atoms with Crippen LogP contribution in [0.3, 0.4) is 0 Å². The van der Waals surface area contributed by atoms with E-state index in [0.29, 0.717) is 28.6 Å². The third-order valence-electron chi connectivity index (χ3n) is 4.39. The summed E-state index contributed by atoms with van der Waals surface area (Å²) in [5.74, 6) is -0.845. The molecule has 2 aromatic rings. The molecule has 0 amide bonds. The second kappa shape index (κ2) is 7.12. The molecule has 1 heterocycles. The molecule has 5 heteroatoms. The minimum Gasteiger partial charge on any atom is -0.343 e. The van der Waals surface area contributed by atoms with Gasteiger partial charge in [0.1, 0.15) is 11.6 Å². The van der Waals surface area contributed by atoms with Crippen LogP contribution in [0.15, 0.2) is 48.7 Å². The molecule has 2 aromatic carbocycles. The summed E-state index contributed by atoms with van der Waals surface area (Å²) in [7, 11) is 0. The molecule has 24 heavy (non-hydrogen) atoms. The first-order valence-electron chi connectivity index (χ1n) is 7.79. The van der Waals surface area contributed by atoms with Crippen LogP contribution in [0.2, 0.25) is 10.0 Å². The highest BCUT2D eigenvalue weighted by atomic mass is 35.5. The van der Waals surface area contributed by atoms with Gasteiger partial charge in [-0.1, -0.05) is 41.9 Å². The van der Waals surface area contributed by atoms with Crippen LogP contribution >= 0.6 is 23.2 Å². The molecule has 1 fully saturated rings. The van der Waals surface area contributed by atoms with Crippen molar-refractivity contribution in [1.82, 2.24) is 0 Å². The lowest BCUT2D eigenvalue weighted by molar-refractivity contribution is 0.436. The van der Waals surface area contributed by atoms with Gasteiger partial charge in [-0.05, 0) is 48.9 Å². The van der Waals surface area contributed by atoms with Crippen molar-refractivity contribution >= 4 is 28.9 Å². The zero-order valence-corrected chi connectivity index (χ0v) is 14.5. The van der Waals surface area contributed by atoms with Crippen molar-refractivity contribution in [1.29, 1.82) is 0 Å². The average molecular weight is 368 g/mol. The van der Waals surface area contributed by atoms with Crippen LogP contribution in [-0.2, 0) is 6.42 Å². The summed E-state index contributed by atoms with van der Waals surface area (Å²) in [5, 5.41) is 1.13. The van der Waals surface area contributed by atoms with Gasteiger partial charge in [-0.25, -0.2) is 8.78 Å². The van der Waals surface area contributed by atoms with E-state index in [1.165, 1.54) is 12.1 Å². The number of nitrogens with zero attached hydrogens (tertiary/aromatic N) is 1. The fourth-order valence-electron chi connectivity index (χ4n) is 3.15. The van der Waals surface area contributed by atoms with E-state index in [4.69, 9.17) is 23.2 Å². The van der Waals surface area contributed by atoms with E-state index in [2.05, 4.69) is 6.58 Å². The molecule has 126 valence electrons. The highest BCUT2D eigenvalue weighted by molar-refractivity contribution is 6.39. The van der Waals surface area contributed by atoms with Gasteiger partial charge in [-0.3, -0.25) is 0 Å². The number of anilines is 1. The number of piperidine rings is 1. The van der Waals surface area contributed by atoms with Crippen LogP contribution in [-0.4, -0.2) is 6.54 Å². The molecule has 0 aromatic heterocycles. The van der Waals surface area contributed by atoms with Gasteiger partial charge in [0.2, 0.25) is 0 Å². The Balaban J connectivity index is 1.82. The summed E-state index contributed by atoms with van der Waals surface area (Å²) in [6.07, 6.45) is 2.22. The van der Waals surface area contributed by atoms with Crippen molar-refractivity contribution in [2.45, 2.75) is 19.3 Å². The number of hydrogen-bond donors (Lipinski definition) is 0. The molecule has 0 unspecified atom stereocenters. The minimum absolute atomic E-state index is 0.211. The maximum atomic E-state index is 13.9. The number of rotatable bonds is 3. The Morgan fingerprint density at radius 1 is 1.12 bits per heavy atom. The summed E-state index contributed by atoms with van der Waals surface area (Å²) >= 11 is 12.6. The first kappa shape index (κ1) is 17.2. The average Bonchev–Trinajstić information content (AvgIpc) is 2.53. The fourth-order valence-corrected chi connectivity index (χ4v) is 3.75. The second-order valence-corrected chi connectivity index (χ2v) is 6.91. The maximum absolute atomic E-state index is 13.9. The molecular formula is C19H17Cl2F2N. The lowest BCUT2D eigenvalue weighted by Gasteiger charge is -2.37. The number of benzene rings is 2. The molecule has 0 saturated carbocycles. The Bertz CT molecular complexity index is 756. The third-order valence-corrected chi connectivity index (χ3v) is 5.00. The Kier molecular flexibility index (Phi) is 5.12. The van der Waals surface area contributed by atoms with Gasteiger partial charge in [0.25, 0.3) is 0 Å². The zero-order valence-electron chi connectivity index (χ0n) is 13.0. The van der Waals surface area contributed by atoms with Crippen LogP contribution in [0.25, 0.3) is 0 Å². The molecule has 1 aliphatic rings. The molecule has 1 aliphatic heterocycles. The van der Waals surface area contributed by atoms with Crippen molar-refractivity contribution in [3.63, 3.8) is 0 Å². The first-order chi connectivity index (χ1) is 11.5. The van der Waals surface area contributed by atoms with E-state index < -0.39 is 11.6 Å². The molecule has 0 N–H and O–H groups in total. The lowest BCUT2D eigenvalue weighted by atomic mass is 9.89. The van der Waals surface area contributed by atoms with E-state index in [-0.39, 0.29) is 5.92 Å². The highest BCUT2D eigenvalue weighted by Gasteiger charge is 2.26. The summed E-state index contributed by atoms with van der Waals surface area (Å²) in [5.41, 5.74) is 2.22. The second-order valence-electron chi connectivity index (χ2n) is 6.09. The molecule has 0 spiro atoms. The number of para-hydroxylation sites is 1. The van der Waals surface area contributed by atoms with Crippen molar-refractivity contribution in [2.24, 2.45) is 5.92 Å². The summed E-state index contributed by atoms with van der Waals surface area (Å²) in [4.78, 5) is 2.01. The van der Waals surface area contributed by atoms with Crippen molar-refractivity contribution < 1.29 is 8.78 Å². The molecule has 1 saturated heterocycles. The van der Waals surface area contributed by atoms with E-state index in [9.17, 15) is 8.78 Å².